The highest BCUT2D eigenvalue weighted by atomic mass is 35.5. The van der Waals surface area contributed by atoms with Gasteiger partial charge < -0.3 is 10.8 Å². The fourth-order valence-corrected chi connectivity index (χ4v) is 2.52. The summed E-state index contributed by atoms with van der Waals surface area (Å²) in [7, 11) is 0. The number of nitrogens with two attached hydrogens (primary N) is 1. The molecular weight excluding hydrogens is 258 g/mol. The van der Waals surface area contributed by atoms with Crippen LogP contribution in [0.15, 0.2) is 34.7 Å². The van der Waals surface area contributed by atoms with Crippen LogP contribution in [0.2, 0.25) is 5.02 Å². The van der Waals surface area contributed by atoms with Gasteiger partial charge in [-0.15, -0.1) is 11.8 Å². The number of carboxylic acid groups (broad SMARTS) is 1. The van der Waals surface area contributed by atoms with Gasteiger partial charge in [0.25, 0.3) is 0 Å². The van der Waals surface area contributed by atoms with Crippen molar-refractivity contribution in [3.63, 3.8) is 0 Å². The lowest BCUT2D eigenvalue weighted by atomic mass is 10.2. The minimum absolute atomic E-state index is 0.406. The third-order valence-electron chi connectivity index (χ3n) is 2.21. The molecule has 0 bridgehead atoms. The van der Waals surface area contributed by atoms with Gasteiger partial charge >= 0.3 is 5.97 Å². The minimum atomic E-state index is -0.875. The first-order chi connectivity index (χ1) is 8.06. The first-order valence-corrected chi connectivity index (χ1v) is 6.51. The second kappa shape index (κ2) is 6.57. The lowest BCUT2D eigenvalue weighted by molar-refractivity contribution is -0.132. The summed E-state index contributed by atoms with van der Waals surface area (Å²) in [5.41, 5.74) is 6.81. The van der Waals surface area contributed by atoms with Crippen molar-refractivity contribution in [2.24, 2.45) is 0 Å². The Morgan fingerprint density at radius 3 is 2.82 bits per heavy atom. The molecule has 0 heterocycles. The van der Waals surface area contributed by atoms with Crippen LogP contribution in [-0.2, 0) is 4.79 Å². The summed E-state index contributed by atoms with van der Waals surface area (Å²) in [4.78, 5) is 11.6. The Labute approximate surface area is 110 Å². The second-order valence-corrected chi connectivity index (χ2v) is 4.79. The van der Waals surface area contributed by atoms with Gasteiger partial charge in [-0.25, -0.2) is 4.79 Å². The number of benzene rings is 1. The molecule has 0 amide bonds. The maximum atomic E-state index is 10.8. The van der Waals surface area contributed by atoms with Crippen molar-refractivity contribution in [2.75, 3.05) is 11.5 Å². The molecule has 0 unspecified atom stereocenters. The van der Waals surface area contributed by atoms with Crippen molar-refractivity contribution < 1.29 is 9.90 Å². The van der Waals surface area contributed by atoms with Crippen molar-refractivity contribution in [1.29, 1.82) is 0 Å². The fourth-order valence-electron chi connectivity index (χ4n) is 1.29. The molecule has 1 aromatic rings. The average Bonchev–Trinajstić information content (AvgIpc) is 2.27. The molecule has 0 aliphatic heterocycles. The number of aliphatic carboxylic acids is 1. The molecule has 1 aromatic carbocycles. The van der Waals surface area contributed by atoms with Gasteiger partial charge in [0.15, 0.2) is 0 Å². The van der Waals surface area contributed by atoms with Crippen molar-refractivity contribution in [1.82, 2.24) is 0 Å². The number of thioether (sulfide) groups is 1. The van der Waals surface area contributed by atoms with Crippen LogP contribution in [0.25, 0.3) is 0 Å². The van der Waals surface area contributed by atoms with E-state index < -0.39 is 5.97 Å². The molecule has 0 aromatic heterocycles. The summed E-state index contributed by atoms with van der Waals surface area (Å²) in [6.07, 6.45) is 2.20. The van der Waals surface area contributed by atoms with E-state index in [-0.39, 0.29) is 0 Å². The molecule has 0 aliphatic rings. The molecule has 1 rings (SSSR count). The summed E-state index contributed by atoms with van der Waals surface area (Å²) in [5, 5.41) is 9.45. The van der Waals surface area contributed by atoms with Crippen molar-refractivity contribution in [3.8, 4) is 0 Å². The zero-order valence-electron chi connectivity index (χ0n) is 9.44. The Morgan fingerprint density at radius 2 is 2.29 bits per heavy atom. The smallest absolute Gasteiger partial charge is 0.331 e. The Morgan fingerprint density at radius 1 is 1.59 bits per heavy atom. The molecule has 0 fully saturated rings. The number of rotatable bonds is 5. The van der Waals surface area contributed by atoms with Crippen LogP contribution in [0.1, 0.15) is 13.3 Å². The van der Waals surface area contributed by atoms with E-state index in [9.17, 15) is 4.79 Å². The Kier molecular flexibility index (Phi) is 5.38. The van der Waals surface area contributed by atoms with Gasteiger partial charge in [0.2, 0.25) is 0 Å². The molecular formula is C12H14ClNO2S. The quantitative estimate of drug-likeness (QED) is 0.489. The van der Waals surface area contributed by atoms with E-state index in [4.69, 9.17) is 22.4 Å². The van der Waals surface area contributed by atoms with E-state index in [2.05, 4.69) is 0 Å². The van der Waals surface area contributed by atoms with Gasteiger partial charge in [0.05, 0.1) is 5.02 Å². The summed E-state index contributed by atoms with van der Waals surface area (Å²) < 4.78 is 0. The lowest BCUT2D eigenvalue weighted by Crippen LogP contribution is -1.99. The molecule has 0 aliphatic carbocycles. The summed E-state index contributed by atoms with van der Waals surface area (Å²) in [6, 6.07) is 5.32. The number of carbonyl (C=O) groups is 1. The number of anilines is 1. The van der Waals surface area contributed by atoms with Crippen molar-refractivity contribution >= 4 is 35.0 Å². The number of halogens is 1. The average molecular weight is 272 g/mol. The third-order valence-corrected chi connectivity index (χ3v) is 3.72. The van der Waals surface area contributed by atoms with Crippen LogP contribution in [0, 0.1) is 0 Å². The first kappa shape index (κ1) is 13.9. The molecule has 17 heavy (non-hydrogen) atoms. The van der Waals surface area contributed by atoms with Crippen molar-refractivity contribution in [2.45, 2.75) is 18.2 Å². The molecule has 0 saturated carbocycles. The standard InChI is InChI=1S/C12H14ClNO2S/c1-2-8(12(15)16)6-7-17-11-9(13)4-3-5-10(11)14/h3-6H,2,7,14H2,1H3,(H,15,16). The summed E-state index contributed by atoms with van der Waals surface area (Å²) >= 11 is 7.44. The largest absolute Gasteiger partial charge is 0.478 e. The van der Waals surface area contributed by atoms with Gasteiger partial charge in [-0.2, -0.15) is 0 Å². The van der Waals surface area contributed by atoms with Crippen LogP contribution in [-0.4, -0.2) is 16.8 Å². The molecule has 0 spiro atoms. The molecule has 92 valence electrons. The van der Waals surface area contributed by atoms with Crippen LogP contribution in [0.5, 0.6) is 0 Å². The van der Waals surface area contributed by atoms with Gasteiger partial charge in [0.1, 0.15) is 0 Å². The van der Waals surface area contributed by atoms with Crippen LogP contribution in [0.3, 0.4) is 0 Å². The van der Waals surface area contributed by atoms with Gasteiger partial charge in [-0.3, -0.25) is 0 Å². The molecule has 3 nitrogen and oxygen atoms in total. The topological polar surface area (TPSA) is 63.3 Å². The van der Waals surface area contributed by atoms with E-state index in [0.29, 0.717) is 28.5 Å². The van der Waals surface area contributed by atoms with E-state index in [1.807, 2.05) is 6.92 Å². The van der Waals surface area contributed by atoms with E-state index in [1.54, 1.807) is 24.3 Å². The second-order valence-electron chi connectivity index (χ2n) is 3.36. The molecule has 0 radical (unpaired) electrons. The van der Waals surface area contributed by atoms with Crippen LogP contribution >= 0.6 is 23.4 Å². The van der Waals surface area contributed by atoms with Gasteiger partial charge in [-0.05, 0) is 18.6 Å². The predicted molar refractivity (Wildman–Crippen MR) is 72.6 cm³/mol. The number of hydrogen-bond donors (Lipinski definition) is 2. The van der Waals surface area contributed by atoms with E-state index in [0.717, 1.165) is 4.90 Å². The third kappa shape index (κ3) is 3.98. The number of nitrogen functional groups attached to an aromatic ring is 1. The van der Waals surface area contributed by atoms with Crippen molar-refractivity contribution in [3.05, 3.63) is 34.9 Å². The summed E-state index contributed by atoms with van der Waals surface area (Å²) in [6.45, 7) is 1.81. The Bertz CT molecular complexity index is 426. The molecule has 0 saturated heterocycles. The first-order valence-electron chi connectivity index (χ1n) is 5.15. The van der Waals surface area contributed by atoms with Crippen LogP contribution in [0.4, 0.5) is 5.69 Å². The highest BCUT2D eigenvalue weighted by Gasteiger charge is 2.06. The maximum absolute atomic E-state index is 10.8. The Hall–Kier alpha value is -1.13. The monoisotopic (exact) mass is 271 g/mol. The zero-order valence-corrected chi connectivity index (χ0v) is 11.0. The minimum Gasteiger partial charge on any atom is -0.478 e. The predicted octanol–water partition coefficient (Wildman–Crippen LogP) is 3.44. The Balaban J connectivity index is 2.71. The highest BCUT2D eigenvalue weighted by Crippen LogP contribution is 2.32. The number of carboxylic acids is 1. The molecule has 0 atom stereocenters. The van der Waals surface area contributed by atoms with E-state index >= 15 is 0 Å². The zero-order chi connectivity index (χ0) is 12.8. The fraction of sp³-hybridized carbons (Fsp3) is 0.250. The lowest BCUT2D eigenvalue weighted by Gasteiger charge is -2.06. The summed E-state index contributed by atoms with van der Waals surface area (Å²) in [5.74, 6) is -0.330. The molecule has 3 N–H and O–H groups in total. The number of hydrogen-bond acceptors (Lipinski definition) is 3. The maximum Gasteiger partial charge on any atom is 0.331 e. The normalized spacial score (nSPS) is 11.5. The van der Waals surface area contributed by atoms with Gasteiger partial charge in [0, 0.05) is 21.9 Å². The van der Waals surface area contributed by atoms with E-state index in [1.165, 1.54) is 11.8 Å². The highest BCUT2D eigenvalue weighted by molar-refractivity contribution is 7.99. The molecule has 5 heteroatoms. The van der Waals surface area contributed by atoms with Crippen LogP contribution < -0.4 is 5.73 Å². The SMILES string of the molecule is CCC(=CCSc1c(N)cccc1Cl)C(=O)O. The van der Waals surface area contributed by atoms with Gasteiger partial charge in [-0.1, -0.05) is 30.7 Å².